The molecule has 2 heterocycles. The summed E-state index contributed by atoms with van der Waals surface area (Å²) in [5, 5.41) is 7.54. The minimum atomic E-state index is -0.219. The summed E-state index contributed by atoms with van der Waals surface area (Å²) in [5.41, 5.74) is 2.91. The van der Waals surface area contributed by atoms with Gasteiger partial charge in [0.05, 0.1) is 5.69 Å². The molecule has 1 amide bonds. The summed E-state index contributed by atoms with van der Waals surface area (Å²) in [4.78, 5) is 27.2. The maximum Gasteiger partial charge on any atom is 0.267 e. The van der Waals surface area contributed by atoms with E-state index in [9.17, 15) is 14.0 Å². The van der Waals surface area contributed by atoms with Crippen LogP contribution in [-0.2, 0) is 30.7 Å². The van der Waals surface area contributed by atoms with Gasteiger partial charge in [-0.3, -0.25) is 14.5 Å². The number of nitrogens with zero attached hydrogens (tertiary/aromatic N) is 3. The highest BCUT2D eigenvalue weighted by Gasteiger charge is 2.21. The smallest absolute Gasteiger partial charge is 0.267 e. The molecule has 2 aliphatic rings. The Balaban J connectivity index is 1.27. The summed E-state index contributed by atoms with van der Waals surface area (Å²) in [5.74, 6) is -0.376. The largest absolute Gasteiger partial charge is 0.352 e. The molecule has 1 N–H and O–H groups in total. The van der Waals surface area contributed by atoms with E-state index in [1.54, 1.807) is 6.07 Å². The van der Waals surface area contributed by atoms with Crippen molar-refractivity contribution in [3.63, 3.8) is 0 Å². The first kappa shape index (κ1) is 20.7. The molecule has 1 aromatic carbocycles. The molecular weight excluding hydrogens is 383 g/mol. The summed E-state index contributed by atoms with van der Waals surface area (Å²) in [6.45, 7) is 2.51. The highest BCUT2D eigenvalue weighted by atomic mass is 19.1. The molecular formula is C23H29FN4O2. The lowest BCUT2D eigenvalue weighted by atomic mass is 10.0. The monoisotopic (exact) mass is 412 g/mol. The van der Waals surface area contributed by atoms with Crippen LogP contribution in [0.1, 0.15) is 48.9 Å². The normalized spacial score (nSPS) is 17.9. The third kappa shape index (κ3) is 5.33. The fourth-order valence-corrected chi connectivity index (χ4v) is 4.38. The third-order valence-electron chi connectivity index (χ3n) is 6.09. The van der Waals surface area contributed by atoms with Crippen molar-refractivity contribution in [1.29, 1.82) is 0 Å². The Labute approximate surface area is 176 Å². The Kier molecular flexibility index (Phi) is 6.57. The van der Waals surface area contributed by atoms with E-state index in [-0.39, 0.29) is 29.9 Å². The lowest BCUT2D eigenvalue weighted by Gasteiger charge is -2.32. The molecule has 0 radical (unpaired) electrons. The topological polar surface area (TPSA) is 67.2 Å². The van der Waals surface area contributed by atoms with E-state index in [1.807, 2.05) is 12.1 Å². The van der Waals surface area contributed by atoms with Gasteiger partial charge in [0.2, 0.25) is 5.91 Å². The van der Waals surface area contributed by atoms with Gasteiger partial charge in [-0.05, 0) is 61.8 Å². The highest BCUT2D eigenvalue weighted by Crippen LogP contribution is 2.17. The summed E-state index contributed by atoms with van der Waals surface area (Å²) in [6.07, 6.45) is 6.84. The Morgan fingerprint density at radius 3 is 2.60 bits per heavy atom. The van der Waals surface area contributed by atoms with Gasteiger partial charge in [0.15, 0.2) is 0 Å². The molecule has 1 fully saturated rings. The number of hydrogen-bond acceptors (Lipinski definition) is 4. The van der Waals surface area contributed by atoms with Crippen LogP contribution in [-0.4, -0.2) is 39.7 Å². The number of aromatic nitrogens is 2. The average molecular weight is 413 g/mol. The van der Waals surface area contributed by atoms with E-state index in [4.69, 9.17) is 0 Å². The number of halogens is 1. The molecule has 4 rings (SSSR count). The van der Waals surface area contributed by atoms with Gasteiger partial charge in [-0.2, -0.15) is 5.10 Å². The zero-order valence-corrected chi connectivity index (χ0v) is 17.3. The predicted octanol–water partition coefficient (Wildman–Crippen LogP) is 2.43. The molecule has 160 valence electrons. The predicted molar refractivity (Wildman–Crippen MR) is 113 cm³/mol. The van der Waals surface area contributed by atoms with Crippen LogP contribution in [0.15, 0.2) is 35.1 Å². The number of rotatable bonds is 5. The van der Waals surface area contributed by atoms with Crippen molar-refractivity contribution < 1.29 is 9.18 Å². The number of nitrogens with one attached hydrogen (secondary N) is 1. The zero-order chi connectivity index (χ0) is 20.9. The van der Waals surface area contributed by atoms with Gasteiger partial charge < -0.3 is 5.32 Å². The van der Waals surface area contributed by atoms with Crippen molar-refractivity contribution >= 4 is 5.91 Å². The molecule has 1 aliphatic heterocycles. The average Bonchev–Trinajstić information content (AvgIpc) is 2.96. The summed E-state index contributed by atoms with van der Waals surface area (Å²) in [6, 6.07) is 8.37. The Morgan fingerprint density at radius 2 is 1.83 bits per heavy atom. The van der Waals surface area contributed by atoms with Crippen LogP contribution in [0.3, 0.4) is 0 Å². The summed E-state index contributed by atoms with van der Waals surface area (Å²) < 4.78 is 14.3. The molecule has 7 heteroatoms. The first-order valence-electron chi connectivity index (χ1n) is 10.9. The van der Waals surface area contributed by atoms with Crippen molar-refractivity contribution in [3.8, 4) is 0 Å². The van der Waals surface area contributed by atoms with Gasteiger partial charge in [0.1, 0.15) is 12.4 Å². The van der Waals surface area contributed by atoms with E-state index < -0.39 is 0 Å². The Hall–Kier alpha value is -2.54. The first-order chi connectivity index (χ1) is 14.6. The maximum atomic E-state index is 13.0. The van der Waals surface area contributed by atoms with Crippen molar-refractivity contribution in [2.45, 2.75) is 64.1 Å². The van der Waals surface area contributed by atoms with Gasteiger partial charge in [-0.1, -0.05) is 18.6 Å². The van der Waals surface area contributed by atoms with Gasteiger partial charge in [-0.25, -0.2) is 9.07 Å². The van der Waals surface area contributed by atoms with Gasteiger partial charge in [0, 0.05) is 31.7 Å². The fourth-order valence-electron chi connectivity index (χ4n) is 4.38. The molecule has 0 spiro atoms. The first-order valence-corrected chi connectivity index (χ1v) is 10.9. The van der Waals surface area contributed by atoms with Crippen LogP contribution in [0.4, 0.5) is 4.39 Å². The molecule has 1 saturated heterocycles. The van der Waals surface area contributed by atoms with Crippen molar-refractivity contribution in [2.75, 3.05) is 13.1 Å². The second-order valence-electron chi connectivity index (χ2n) is 8.42. The van der Waals surface area contributed by atoms with Gasteiger partial charge in [-0.15, -0.1) is 0 Å². The van der Waals surface area contributed by atoms with Crippen LogP contribution in [0, 0.1) is 5.82 Å². The number of hydrogen-bond donors (Lipinski definition) is 1. The van der Waals surface area contributed by atoms with Crippen LogP contribution in [0.5, 0.6) is 0 Å². The number of amides is 1. The lowest BCUT2D eigenvalue weighted by molar-refractivity contribution is -0.123. The van der Waals surface area contributed by atoms with E-state index in [2.05, 4.69) is 15.3 Å². The van der Waals surface area contributed by atoms with Crippen LogP contribution >= 0.6 is 0 Å². The number of carbonyl (C=O) groups excluding carboxylic acids is 1. The van der Waals surface area contributed by atoms with E-state index in [0.29, 0.717) is 0 Å². The second kappa shape index (κ2) is 9.51. The lowest BCUT2D eigenvalue weighted by Crippen LogP contribution is -2.46. The van der Waals surface area contributed by atoms with E-state index in [1.165, 1.54) is 16.8 Å². The maximum absolute atomic E-state index is 13.0. The molecule has 30 heavy (non-hydrogen) atoms. The number of fused-ring (bicyclic) bond motifs is 1. The molecule has 0 unspecified atom stereocenters. The number of benzene rings is 1. The number of likely N-dealkylation sites (tertiary alicyclic amines) is 1. The minimum Gasteiger partial charge on any atom is -0.352 e. The number of aryl methyl sites for hydroxylation is 2. The zero-order valence-electron chi connectivity index (χ0n) is 17.3. The van der Waals surface area contributed by atoms with Gasteiger partial charge in [0.25, 0.3) is 5.56 Å². The highest BCUT2D eigenvalue weighted by molar-refractivity contribution is 5.75. The van der Waals surface area contributed by atoms with Crippen molar-refractivity contribution in [1.82, 2.24) is 20.0 Å². The van der Waals surface area contributed by atoms with Crippen LogP contribution in [0.2, 0.25) is 0 Å². The van der Waals surface area contributed by atoms with Crippen LogP contribution in [0.25, 0.3) is 0 Å². The van der Waals surface area contributed by atoms with E-state index >= 15 is 0 Å². The minimum absolute atomic E-state index is 0.0259. The Morgan fingerprint density at radius 1 is 1.10 bits per heavy atom. The number of carbonyl (C=O) groups is 1. The molecule has 0 atom stereocenters. The molecule has 6 nitrogen and oxygen atoms in total. The molecule has 1 aromatic heterocycles. The molecule has 1 aliphatic carbocycles. The fraction of sp³-hybridized carbons (Fsp3) is 0.522. The summed E-state index contributed by atoms with van der Waals surface area (Å²) >= 11 is 0. The van der Waals surface area contributed by atoms with Gasteiger partial charge >= 0.3 is 0 Å². The summed E-state index contributed by atoms with van der Waals surface area (Å²) in [7, 11) is 0. The standard InChI is InChI=1S/C23H29FN4O2/c24-19-8-6-17(7-9-19)15-27-12-10-20(11-13-27)25-22(29)16-28-23(30)14-18-4-2-1-3-5-21(18)26-28/h6-9,14,20H,1-5,10-13,15-16H2,(H,25,29). The SMILES string of the molecule is O=C(Cn1nc2c(cc1=O)CCCCC2)NC1CCN(Cc2ccc(F)cc2)CC1. The third-order valence-corrected chi connectivity index (χ3v) is 6.09. The molecule has 2 aromatic rings. The second-order valence-corrected chi connectivity index (χ2v) is 8.42. The number of piperidine rings is 1. The molecule has 0 saturated carbocycles. The van der Waals surface area contributed by atoms with Crippen molar-refractivity contribution in [2.24, 2.45) is 0 Å². The van der Waals surface area contributed by atoms with Crippen molar-refractivity contribution in [3.05, 3.63) is 63.3 Å². The quantitative estimate of drug-likeness (QED) is 0.766. The van der Waals surface area contributed by atoms with E-state index in [0.717, 1.165) is 81.4 Å². The molecule has 0 bridgehead atoms. The van der Waals surface area contributed by atoms with Crippen LogP contribution < -0.4 is 10.9 Å². The Bertz CT molecular complexity index is 933.